The molecular weight excluding hydrogens is 356 g/mol. The van der Waals surface area contributed by atoms with Gasteiger partial charge in [-0.05, 0) is 31.0 Å². The predicted octanol–water partition coefficient (Wildman–Crippen LogP) is 0.770. The molecule has 0 spiro atoms. The van der Waals surface area contributed by atoms with Crippen LogP contribution < -0.4 is 10.0 Å². The minimum Gasteiger partial charge on any atom is -0.380 e. The van der Waals surface area contributed by atoms with Crippen LogP contribution in [-0.2, 0) is 21.3 Å². The van der Waals surface area contributed by atoms with Gasteiger partial charge in [-0.3, -0.25) is 4.79 Å². The Morgan fingerprint density at radius 1 is 1.38 bits per heavy atom. The molecular formula is C17H22N4O4S. The minimum absolute atomic E-state index is 0.0791. The molecule has 1 unspecified atom stereocenters. The Balaban J connectivity index is 1.56. The zero-order chi connectivity index (χ0) is 18.4. The average molecular weight is 378 g/mol. The summed E-state index contributed by atoms with van der Waals surface area (Å²) in [6.07, 6.45) is 6.69. The molecule has 0 saturated carbocycles. The molecule has 8 nitrogen and oxygen atoms in total. The number of benzene rings is 1. The van der Waals surface area contributed by atoms with Gasteiger partial charge in [-0.15, -0.1) is 0 Å². The number of sulfonamides is 1. The average Bonchev–Trinajstić information content (AvgIpc) is 3.32. The van der Waals surface area contributed by atoms with Crippen LogP contribution >= 0.6 is 0 Å². The van der Waals surface area contributed by atoms with Crippen LogP contribution in [0.3, 0.4) is 0 Å². The summed E-state index contributed by atoms with van der Waals surface area (Å²) < 4.78 is 34.6. The van der Waals surface area contributed by atoms with E-state index in [2.05, 4.69) is 15.0 Å². The van der Waals surface area contributed by atoms with Gasteiger partial charge < -0.3 is 14.6 Å². The molecule has 0 bridgehead atoms. The lowest BCUT2D eigenvalue weighted by molar-refractivity contribution is 0.0952. The Morgan fingerprint density at radius 2 is 2.27 bits per heavy atom. The maximum Gasteiger partial charge on any atom is 0.251 e. The van der Waals surface area contributed by atoms with E-state index in [1.54, 1.807) is 24.7 Å². The van der Waals surface area contributed by atoms with Crippen LogP contribution in [0, 0.1) is 0 Å². The number of aromatic nitrogens is 2. The molecule has 0 aliphatic carbocycles. The highest BCUT2D eigenvalue weighted by atomic mass is 32.2. The van der Waals surface area contributed by atoms with Crippen molar-refractivity contribution in [3.05, 3.63) is 48.5 Å². The quantitative estimate of drug-likeness (QED) is 0.661. The topological polar surface area (TPSA) is 102 Å². The van der Waals surface area contributed by atoms with Gasteiger partial charge in [0.15, 0.2) is 0 Å². The molecule has 26 heavy (non-hydrogen) atoms. The monoisotopic (exact) mass is 378 g/mol. The molecule has 140 valence electrons. The van der Waals surface area contributed by atoms with Crippen molar-refractivity contribution < 1.29 is 17.9 Å². The highest BCUT2D eigenvalue weighted by molar-refractivity contribution is 7.89. The summed E-state index contributed by atoms with van der Waals surface area (Å²) >= 11 is 0. The van der Waals surface area contributed by atoms with E-state index in [-0.39, 0.29) is 16.8 Å². The van der Waals surface area contributed by atoms with Gasteiger partial charge in [0.2, 0.25) is 10.0 Å². The molecule has 1 fully saturated rings. The van der Waals surface area contributed by atoms with Gasteiger partial charge in [0, 0.05) is 43.7 Å². The molecule has 1 saturated heterocycles. The van der Waals surface area contributed by atoms with E-state index in [0.717, 1.165) is 13.0 Å². The van der Waals surface area contributed by atoms with Gasteiger partial charge in [0.25, 0.3) is 5.91 Å². The zero-order valence-corrected chi connectivity index (χ0v) is 15.1. The standard InChI is InChI=1S/C17H22N4O4S/c22-17(19-6-2-8-21-9-7-18-13-21)14-3-1-4-16(11-14)26(23,24)20-15-5-10-25-12-15/h1,3-4,7,9,11,13,15,20H,2,5-6,8,10,12H2,(H,19,22). The van der Waals surface area contributed by atoms with Gasteiger partial charge in [-0.2, -0.15) is 0 Å². The molecule has 1 aromatic carbocycles. The number of hydrogen-bond donors (Lipinski definition) is 2. The summed E-state index contributed by atoms with van der Waals surface area (Å²) in [5.41, 5.74) is 0.318. The van der Waals surface area contributed by atoms with Crippen LogP contribution in [0.5, 0.6) is 0 Å². The number of imidazole rings is 1. The third-order valence-electron chi connectivity index (χ3n) is 4.10. The molecule has 1 aliphatic rings. The first kappa shape index (κ1) is 18.6. The molecule has 0 radical (unpaired) electrons. The fraction of sp³-hybridized carbons (Fsp3) is 0.412. The van der Waals surface area contributed by atoms with E-state index >= 15 is 0 Å². The van der Waals surface area contributed by atoms with Crippen LogP contribution in [0.2, 0.25) is 0 Å². The smallest absolute Gasteiger partial charge is 0.251 e. The first-order valence-electron chi connectivity index (χ1n) is 8.49. The Morgan fingerprint density at radius 3 is 3.00 bits per heavy atom. The second-order valence-corrected chi connectivity index (χ2v) is 7.83. The number of carbonyl (C=O) groups is 1. The number of rotatable bonds is 8. The van der Waals surface area contributed by atoms with Crippen molar-refractivity contribution in [1.82, 2.24) is 19.6 Å². The van der Waals surface area contributed by atoms with Crippen molar-refractivity contribution in [2.45, 2.75) is 30.3 Å². The van der Waals surface area contributed by atoms with E-state index in [0.29, 0.717) is 31.7 Å². The van der Waals surface area contributed by atoms with E-state index in [1.807, 2.05) is 10.8 Å². The zero-order valence-electron chi connectivity index (χ0n) is 14.3. The number of ether oxygens (including phenoxy) is 1. The molecule has 3 rings (SSSR count). The maximum absolute atomic E-state index is 12.4. The molecule has 1 amide bonds. The van der Waals surface area contributed by atoms with Crippen molar-refractivity contribution >= 4 is 15.9 Å². The van der Waals surface area contributed by atoms with Crippen molar-refractivity contribution in [3.63, 3.8) is 0 Å². The number of carbonyl (C=O) groups excluding carboxylic acids is 1. The van der Waals surface area contributed by atoms with Gasteiger partial charge in [-0.1, -0.05) is 6.07 Å². The first-order valence-corrected chi connectivity index (χ1v) is 9.97. The summed E-state index contributed by atoms with van der Waals surface area (Å²) in [6.45, 7) is 2.17. The van der Waals surface area contributed by atoms with Crippen molar-refractivity contribution in [2.75, 3.05) is 19.8 Å². The molecule has 1 aromatic heterocycles. The Kier molecular flexibility index (Phi) is 6.02. The molecule has 1 atom stereocenters. The van der Waals surface area contributed by atoms with Gasteiger partial charge >= 0.3 is 0 Å². The normalized spacial score (nSPS) is 17.3. The Bertz CT molecular complexity index is 830. The summed E-state index contributed by atoms with van der Waals surface area (Å²) in [5.74, 6) is -0.295. The lowest BCUT2D eigenvalue weighted by Gasteiger charge is -2.12. The molecule has 2 N–H and O–H groups in total. The van der Waals surface area contributed by atoms with E-state index in [1.165, 1.54) is 12.1 Å². The fourth-order valence-corrected chi connectivity index (χ4v) is 4.00. The SMILES string of the molecule is O=C(NCCCn1ccnc1)c1cccc(S(=O)(=O)NC2CCOC2)c1. The lowest BCUT2D eigenvalue weighted by atomic mass is 10.2. The van der Waals surface area contributed by atoms with Crippen molar-refractivity contribution in [3.8, 4) is 0 Å². The Labute approximate surface area is 152 Å². The van der Waals surface area contributed by atoms with Crippen LogP contribution in [0.15, 0.2) is 47.9 Å². The molecule has 1 aliphatic heterocycles. The van der Waals surface area contributed by atoms with Crippen LogP contribution in [-0.4, -0.2) is 49.7 Å². The van der Waals surface area contributed by atoms with Gasteiger partial charge in [-0.25, -0.2) is 18.1 Å². The molecule has 2 heterocycles. The predicted molar refractivity (Wildman–Crippen MR) is 95.2 cm³/mol. The van der Waals surface area contributed by atoms with Crippen LogP contribution in [0.25, 0.3) is 0 Å². The summed E-state index contributed by atoms with van der Waals surface area (Å²) in [4.78, 5) is 16.3. The van der Waals surface area contributed by atoms with E-state index in [4.69, 9.17) is 4.74 Å². The summed E-state index contributed by atoms with van der Waals surface area (Å²) in [5, 5.41) is 2.81. The van der Waals surface area contributed by atoms with Crippen molar-refractivity contribution in [2.24, 2.45) is 0 Å². The summed E-state index contributed by atoms with van der Waals surface area (Å²) in [6, 6.07) is 5.82. The largest absolute Gasteiger partial charge is 0.380 e. The number of aryl methyl sites for hydroxylation is 1. The maximum atomic E-state index is 12.4. The van der Waals surface area contributed by atoms with Gasteiger partial charge in [0.05, 0.1) is 17.8 Å². The highest BCUT2D eigenvalue weighted by Gasteiger charge is 2.24. The molecule has 9 heteroatoms. The third-order valence-corrected chi connectivity index (χ3v) is 5.61. The van der Waals surface area contributed by atoms with Crippen LogP contribution in [0.4, 0.5) is 0 Å². The second kappa shape index (κ2) is 8.43. The van der Waals surface area contributed by atoms with E-state index < -0.39 is 10.0 Å². The van der Waals surface area contributed by atoms with Gasteiger partial charge in [0.1, 0.15) is 0 Å². The first-order chi connectivity index (χ1) is 12.5. The number of amides is 1. The fourth-order valence-electron chi connectivity index (χ4n) is 2.70. The summed E-state index contributed by atoms with van der Waals surface area (Å²) in [7, 11) is -3.67. The van der Waals surface area contributed by atoms with Crippen molar-refractivity contribution in [1.29, 1.82) is 0 Å². The lowest BCUT2D eigenvalue weighted by Crippen LogP contribution is -2.35. The third kappa shape index (κ3) is 4.90. The number of nitrogens with zero attached hydrogens (tertiary/aromatic N) is 2. The highest BCUT2D eigenvalue weighted by Crippen LogP contribution is 2.14. The molecule has 2 aromatic rings. The Hall–Kier alpha value is -2.23. The van der Waals surface area contributed by atoms with E-state index in [9.17, 15) is 13.2 Å². The number of hydrogen-bond acceptors (Lipinski definition) is 5. The minimum atomic E-state index is -3.67. The second-order valence-electron chi connectivity index (χ2n) is 6.12. The van der Waals surface area contributed by atoms with Crippen LogP contribution in [0.1, 0.15) is 23.2 Å². The number of nitrogens with one attached hydrogen (secondary N) is 2.